The molecule has 0 spiro atoms. The van der Waals surface area contributed by atoms with Crippen molar-refractivity contribution in [2.75, 3.05) is 18.4 Å². The zero-order chi connectivity index (χ0) is 22.4. The van der Waals surface area contributed by atoms with Gasteiger partial charge in [0.15, 0.2) is 0 Å². The molecular formula is C23H42N4O2. The monoisotopic (exact) mass is 406 g/mol. The fraction of sp³-hybridized carbons (Fsp3) is 0.783. The van der Waals surface area contributed by atoms with Crippen molar-refractivity contribution in [3.05, 3.63) is 11.8 Å². The highest BCUT2D eigenvalue weighted by Gasteiger charge is 2.23. The zero-order valence-electron chi connectivity index (χ0n) is 20.1. The smallest absolute Gasteiger partial charge is 0.245 e. The molecular weight excluding hydrogens is 364 g/mol. The number of rotatable bonds is 9. The number of anilines is 1. The molecule has 0 fully saturated rings. The number of hydrogen-bond acceptors (Lipinski definition) is 3. The van der Waals surface area contributed by atoms with Crippen LogP contribution in [0.1, 0.15) is 86.8 Å². The van der Waals surface area contributed by atoms with Crippen LogP contribution in [0.5, 0.6) is 0 Å². The molecule has 0 aliphatic carbocycles. The number of carbonyl (C=O) groups excluding carboxylic acids is 2. The summed E-state index contributed by atoms with van der Waals surface area (Å²) >= 11 is 0. The predicted octanol–water partition coefficient (Wildman–Crippen LogP) is 4.75. The second-order valence-corrected chi connectivity index (χ2v) is 10.6. The summed E-state index contributed by atoms with van der Waals surface area (Å²) in [5, 5.41) is 7.42. The molecule has 6 heteroatoms. The highest BCUT2D eigenvalue weighted by atomic mass is 16.2. The molecule has 1 unspecified atom stereocenters. The highest BCUT2D eigenvalue weighted by molar-refractivity contribution is 5.94. The maximum Gasteiger partial charge on any atom is 0.245 e. The number of amides is 2. The summed E-state index contributed by atoms with van der Waals surface area (Å²) in [7, 11) is 1.82. The number of carbonyl (C=O) groups is 2. The van der Waals surface area contributed by atoms with Crippen molar-refractivity contribution in [3.63, 3.8) is 0 Å². The van der Waals surface area contributed by atoms with E-state index in [1.54, 1.807) is 9.58 Å². The molecule has 0 aromatic carbocycles. The average Bonchev–Trinajstić information content (AvgIpc) is 2.90. The number of aromatic nitrogens is 2. The molecule has 1 N–H and O–H groups in total. The van der Waals surface area contributed by atoms with Gasteiger partial charge in [-0.2, -0.15) is 5.10 Å². The third-order valence-electron chi connectivity index (χ3n) is 4.87. The van der Waals surface area contributed by atoms with E-state index in [1.807, 2.05) is 13.1 Å². The normalized spacial score (nSPS) is 13.3. The van der Waals surface area contributed by atoms with E-state index in [4.69, 9.17) is 0 Å². The Kier molecular flexibility index (Phi) is 8.91. The van der Waals surface area contributed by atoms with Crippen LogP contribution in [-0.4, -0.2) is 39.6 Å². The summed E-state index contributed by atoms with van der Waals surface area (Å²) in [6, 6.07) is 1.90. The molecule has 166 valence electrons. The van der Waals surface area contributed by atoms with Gasteiger partial charge in [-0.15, -0.1) is 0 Å². The second kappa shape index (κ2) is 10.3. The van der Waals surface area contributed by atoms with Gasteiger partial charge in [-0.3, -0.25) is 14.3 Å². The molecule has 29 heavy (non-hydrogen) atoms. The lowest BCUT2D eigenvalue weighted by Gasteiger charge is -2.26. The van der Waals surface area contributed by atoms with Crippen LogP contribution >= 0.6 is 0 Å². The van der Waals surface area contributed by atoms with Crippen LogP contribution < -0.4 is 5.32 Å². The predicted molar refractivity (Wildman–Crippen MR) is 120 cm³/mol. The quantitative estimate of drug-likeness (QED) is 0.644. The summed E-state index contributed by atoms with van der Waals surface area (Å²) in [4.78, 5) is 27.2. The Morgan fingerprint density at radius 3 is 2.31 bits per heavy atom. The first-order valence-electron chi connectivity index (χ1n) is 10.8. The van der Waals surface area contributed by atoms with Crippen LogP contribution in [0.4, 0.5) is 5.82 Å². The van der Waals surface area contributed by atoms with Gasteiger partial charge in [-0.1, -0.05) is 61.8 Å². The fourth-order valence-electron chi connectivity index (χ4n) is 3.49. The zero-order valence-corrected chi connectivity index (χ0v) is 20.1. The van der Waals surface area contributed by atoms with Gasteiger partial charge in [-0.25, -0.2) is 0 Å². The van der Waals surface area contributed by atoms with Gasteiger partial charge in [-0.05, 0) is 24.2 Å². The van der Waals surface area contributed by atoms with Gasteiger partial charge >= 0.3 is 0 Å². The number of aryl methyl sites for hydroxylation is 1. The van der Waals surface area contributed by atoms with Crippen LogP contribution in [0.3, 0.4) is 0 Å². The van der Waals surface area contributed by atoms with Crippen LogP contribution in [0, 0.1) is 11.3 Å². The topological polar surface area (TPSA) is 67.2 Å². The van der Waals surface area contributed by atoms with E-state index >= 15 is 0 Å². The molecule has 0 saturated heterocycles. The highest BCUT2D eigenvalue weighted by Crippen LogP contribution is 2.26. The van der Waals surface area contributed by atoms with Crippen molar-refractivity contribution < 1.29 is 9.59 Å². The molecule has 1 rings (SSSR count). The van der Waals surface area contributed by atoms with E-state index in [-0.39, 0.29) is 29.2 Å². The molecule has 0 aliphatic rings. The molecule has 1 aromatic heterocycles. The van der Waals surface area contributed by atoms with Crippen LogP contribution in [-0.2, 0) is 22.1 Å². The fourth-order valence-corrected chi connectivity index (χ4v) is 3.49. The first-order chi connectivity index (χ1) is 13.2. The minimum Gasteiger partial charge on any atom is -0.333 e. The molecule has 1 heterocycles. The van der Waals surface area contributed by atoms with E-state index in [1.165, 1.54) is 0 Å². The molecule has 0 radical (unpaired) electrons. The summed E-state index contributed by atoms with van der Waals surface area (Å²) in [5.41, 5.74) is 1.02. The van der Waals surface area contributed by atoms with Gasteiger partial charge in [0.05, 0.1) is 12.2 Å². The van der Waals surface area contributed by atoms with E-state index < -0.39 is 0 Å². The van der Waals surface area contributed by atoms with Gasteiger partial charge in [0.25, 0.3) is 0 Å². The molecule has 0 bridgehead atoms. The first-order valence-corrected chi connectivity index (χ1v) is 10.8. The van der Waals surface area contributed by atoms with Crippen LogP contribution in [0.25, 0.3) is 0 Å². The Morgan fingerprint density at radius 2 is 1.83 bits per heavy atom. The Hall–Kier alpha value is -1.85. The Labute approximate surface area is 177 Å². The lowest BCUT2D eigenvalue weighted by molar-refractivity contribution is -0.135. The van der Waals surface area contributed by atoms with Gasteiger partial charge < -0.3 is 10.2 Å². The molecule has 6 nitrogen and oxygen atoms in total. The number of nitrogens with one attached hydrogen (secondary N) is 1. The van der Waals surface area contributed by atoms with Gasteiger partial charge in [0.1, 0.15) is 5.82 Å². The molecule has 0 saturated carbocycles. The molecule has 1 atom stereocenters. The molecule has 1 aromatic rings. The first kappa shape index (κ1) is 25.2. The van der Waals surface area contributed by atoms with Crippen molar-refractivity contribution in [3.8, 4) is 0 Å². The number of unbranched alkanes of at least 4 members (excludes halogenated alkanes) is 1. The molecule has 2 amide bonds. The lowest BCUT2D eigenvalue weighted by Crippen LogP contribution is -2.39. The lowest BCUT2D eigenvalue weighted by atomic mass is 9.84. The average molecular weight is 407 g/mol. The Balaban J connectivity index is 2.78. The Morgan fingerprint density at radius 1 is 1.21 bits per heavy atom. The van der Waals surface area contributed by atoms with Crippen LogP contribution in [0.2, 0.25) is 0 Å². The van der Waals surface area contributed by atoms with Crippen molar-refractivity contribution in [1.82, 2.24) is 14.7 Å². The van der Waals surface area contributed by atoms with E-state index in [0.717, 1.165) is 25.0 Å². The maximum absolute atomic E-state index is 12.9. The number of hydrogen-bond donors (Lipinski definition) is 1. The van der Waals surface area contributed by atoms with Crippen LogP contribution in [0.15, 0.2) is 6.07 Å². The largest absolute Gasteiger partial charge is 0.333 e. The van der Waals surface area contributed by atoms with E-state index in [2.05, 4.69) is 65.8 Å². The summed E-state index contributed by atoms with van der Waals surface area (Å²) in [6.45, 7) is 17.7. The standard InChI is InChI=1S/C23H42N4O2/c1-10-11-12-27(21(29)13-17(2)15-22(3,4)5)16-20(28)24-19-14-18(23(6,7)8)25-26(19)9/h14,17H,10-13,15-16H2,1-9H3,(H,24,28). The van der Waals surface area contributed by atoms with Crippen molar-refractivity contribution in [1.29, 1.82) is 0 Å². The van der Waals surface area contributed by atoms with Gasteiger partial charge in [0, 0.05) is 31.5 Å². The second-order valence-electron chi connectivity index (χ2n) is 10.6. The van der Waals surface area contributed by atoms with E-state index in [9.17, 15) is 9.59 Å². The maximum atomic E-state index is 12.9. The van der Waals surface area contributed by atoms with Crippen molar-refractivity contribution in [2.45, 2.75) is 86.5 Å². The minimum absolute atomic E-state index is 0.0609. The SMILES string of the molecule is CCCCN(CC(=O)Nc1cc(C(C)(C)C)nn1C)C(=O)CC(C)CC(C)(C)C. The van der Waals surface area contributed by atoms with Crippen molar-refractivity contribution in [2.24, 2.45) is 18.4 Å². The minimum atomic E-state index is -0.179. The third-order valence-corrected chi connectivity index (χ3v) is 4.87. The van der Waals surface area contributed by atoms with Crippen molar-refractivity contribution >= 4 is 17.6 Å². The Bertz CT molecular complexity index is 680. The summed E-state index contributed by atoms with van der Waals surface area (Å²) in [6.07, 6.45) is 3.34. The molecule has 0 aliphatic heterocycles. The summed E-state index contributed by atoms with van der Waals surface area (Å²) in [5.74, 6) is 0.831. The number of nitrogens with zero attached hydrogens (tertiary/aromatic N) is 3. The van der Waals surface area contributed by atoms with E-state index in [0.29, 0.717) is 24.7 Å². The third kappa shape index (κ3) is 9.01. The summed E-state index contributed by atoms with van der Waals surface area (Å²) < 4.78 is 1.68. The van der Waals surface area contributed by atoms with Gasteiger partial charge in [0.2, 0.25) is 11.8 Å².